The standard InChI is InChI=1S/C22H24N4OS/c1-13(2)15-6-8-16(9-7-15)20-12-18(21(27)25-26-22(28)23-4)17-11-14(3)5-10-19(17)24-20/h5-13H,1-4H3,(H,25,27)(H2,23,26,28). The molecule has 0 atom stereocenters. The Morgan fingerprint density at radius 3 is 2.39 bits per heavy atom. The molecule has 5 nitrogen and oxygen atoms in total. The van der Waals surface area contributed by atoms with Gasteiger partial charge in [0, 0.05) is 18.0 Å². The van der Waals surface area contributed by atoms with Gasteiger partial charge in [-0.15, -0.1) is 0 Å². The lowest BCUT2D eigenvalue weighted by molar-refractivity contribution is 0.0945. The van der Waals surface area contributed by atoms with Crippen LogP contribution < -0.4 is 16.2 Å². The fourth-order valence-corrected chi connectivity index (χ4v) is 3.01. The number of hydrogen-bond donors (Lipinski definition) is 3. The third-order valence-corrected chi connectivity index (χ3v) is 4.90. The quantitative estimate of drug-likeness (QED) is 0.463. The van der Waals surface area contributed by atoms with Crippen molar-refractivity contribution < 1.29 is 4.79 Å². The van der Waals surface area contributed by atoms with Crippen molar-refractivity contribution in [1.29, 1.82) is 0 Å². The third-order valence-electron chi connectivity index (χ3n) is 4.60. The molecule has 0 spiro atoms. The number of nitrogens with one attached hydrogen (secondary N) is 3. The molecule has 0 fully saturated rings. The molecule has 2 aromatic carbocycles. The molecule has 3 N–H and O–H groups in total. The van der Waals surface area contributed by atoms with Crippen LogP contribution in [0, 0.1) is 6.92 Å². The number of rotatable bonds is 3. The van der Waals surface area contributed by atoms with Crippen molar-refractivity contribution in [3.05, 3.63) is 65.2 Å². The normalized spacial score (nSPS) is 10.8. The molecule has 0 aliphatic carbocycles. The summed E-state index contributed by atoms with van der Waals surface area (Å²) < 4.78 is 0. The molecule has 1 heterocycles. The third kappa shape index (κ3) is 4.28. The first-order chi connectivity index (χ1) is 13.4. The summed E-state index contributed by atoms with van der Waals surface area (Å²) in [6.07, 6.45) is 0. The monoisotopic (exact) mass is 392 g/mol. The van der Waals surface area contributed by atoms with Crippen LogP contribution >= 0.6 is 12.2 Å². The summed E-state index contributed by atoms with van der Waals surface area (Å²) in [4.78, 5) is 17.6. The molecule has 0 unspecified atom stereocenters. The summed E-state index contributed by atoms with van der Waals surface area (Å²) in [7, 11) is 1.69. The van der Waals surface area contributed by atoms with Crippen molar-refractivity contribution in [2.75, 3.05) is 7.05 Å². The topological polar surface area (TPSA) is 66.0 Å². The van der Waals surface area contributed by atoms with Gasteiger partial charge >= 0.3 is 0 Å². The van der Waals surface area contributed by atoms with E-state index in [1.54, 1.807) is 7.05 Å². The minimum Gasteiger partial charge on any atom is -0.364 e. The Bertz CT molecular complexity index is 1030. The van der Waals surface area contributed by atoms with E-state index in [0.29, 0.717) is 16.6 Å². The lowest BCUT2D eigenvalue weighted by atomic mass is 9.99. The van der Waals surface area contributed by atoms with Gasteiger partial charge in [0.2, 0.25) is 0 Å². The Balaban J connectivity index is 2.06. The second-order valence-corrected chi connectivity index (χ2v) is 7.42. The fourth-order valence-electron chi connectivity index (χ4n) is 2.96. The Kier molecular flexibility index (Phi) is 5.90. The van der Waals surface area contributed by atoms with Crippen LogP contribution in [-0.4, -0.2) is 23.1 Å². The lowest BCUT2D eigenvalue weighted by Crippen LogP contribution is -2.45. The Labute approximate surface area is 170 Å². The van der Waals surface area contributed by atoms with Crippen LogP contribution in [0.15, 0.2) is 48.5 Å². The van der Waals surface area contributed by atoms with Gasteiger partial charge in [0.15, 0.2) is 5.11 Å². The molecule has 28 heavy (non-hydrogen) atoms. The molecule has 0 aliphatic heterocycles. The molecule has 3 rings (SSSR count). The van der Waals surface area contributed by atoms with E-state index in [2.05, 4.69) is 42.1 Å². The maximum atomic E-state index is 12.8. The number of carbonyl (C=O) groups excluding carboxylic acids is 1. The number of aromatic nitrogens is 1. The summed E-state index contributed by atoms with van der Waals surface area (Å²) in [5, 5.41) is 3.91. The van der Waals surface area contributed by atoms with Gasteiger partial charge in [-0.25, -0.2) is 4.98 Å². The molecule has 0 aliphatic rings. The largest absolute Gasteiger partial charge is 0.364 e. The van der Waals surface area contributed by atoms with E-state index in [9.17, 15) is 4.79 Å². The highest BCUT2D eigenvalue weighted by Gasteiger charge is 2.15. The van der Waals surface area contributed by atoms with E-state index < -0.39 is 0 Å². The summed E-state index contributed by atoms with van der Waals surface area (Å²) >= 11 is 5.03. The number of fused-ring (bicyclic) bond motifs is 1. The SMILES string of the molecule is CNC(=S)NNC(=O)c1cc(-c2ccc(C(C)C)cc2)nc2ccc(C)cc12. The van der Waals surface area contributed by atoms with Gasteiger partial charge < -0.3 is 5.32 Å². The number of aryl methyl sites for hydroxylation is 1. The Morgan fingerprint density at radius 2 is 1.75 bits per heavy atom. The molecule has 144 valence electrons. The first-order valence-corrected chi connectivity index (χ1v) is 9.59. The first-order valence-electron chi connectivity index (χ1n) is 9.19. The molecule has 6 heteroatoms. The molecule has 0 saturated heterocycles. The molecule has 3 aromatic rings. The molecule has 0 radical (unpaired) electrons. The van der Waals surface area contributed by atoms with Crippen molar-refractivity contribution in [2.45, 2.75) is 26.7 Å². The second kappa shape index (κ2) is 8.35. The van der Waals surface area contributed by atoms with Crippen LogP contribution in [0.1, 0.15) is 41.3 Å². The van der Waals surface area contributed by atoms with Gasteiger partial charge in [-0.1, -0.05) is 49.7 Å². The number of hydrogen-bond acceptors (Lipinski definition) is 3. The van der Waals surface area contributed by atoms with Crippen molar-refractivity contribution in [3.8, 4) is 11.3 Å². The highest BCUT2D eigenvalue weighted by molar-refractivity contribution is 7.80. The van der Waals surface area contributed by atoms with Crippen LogP contribution in [0.4, 0.5) is 0 Å². The van der Waals surface area contributed by atoms with E-state index in [-0.39, 0.29) is 5.91 Å². The zero-order chi connectivity index (χ0) is 20.3. The van der Waals surface area contributed by atoms with Gasteiger partial charge in [0.05, 0.1) is 16.8 Å². The van der Waals surface area contributed by atoms with E-state index in [4.69, 9.17) is 17.2 Å². The predicted molar refractivity (Wildman–Crippen MR) is 118 cm³/mol. The van der Waals surface area contributed by atoms with Crippen molar-refractivity contribution in [3.63, 3.8) is 0 Å². The molecule has 0 saturated carbocycles. The lowest BCUT2D eigenvalue weighted by Gasteiger charge is -2.13. The second-order valence-electron chi connectivity index (χ2n) is 7.01. The van der Waals surface area contributed by atoms with Crippen molar-refractivity contribution in [1.82, 2.24) is 21.2 Å². The minimum absolute atomic E-state index is 0.268. The van der Waals surface area contributed by atoms with E-state index in [0.717, 1.165) is 27.7 Å². The van der Waals surface area contributed by atoms with E-state index in [1.165, 1.54) is 5.56 Å². The van der Waals surface area contributed by atoms with E-state index in [1.807, 2.05) is 43.3 Å². The number of benzene rings is 2. The number of hydrazine groups is 1. The van der Waals surface area contributed by atoms with Crippen LogP contribution in [0.3, 0.4) is 0 Å². The molecular formula is C22H24N4OS. The summed E-state index contributed by atoms with van der Waals surface area (Å²) in [5.74, 6) is 0.195. The van der Waals surface area contributed by atoms with Gasteiger partial charge in [0.25, 0.3) is 5.91 Å². The average Bonchev–Trinajstić information content (AvgIpc) is 2.71. The molecule has 0 bridgehead atoms. The first kappa shape index (κ1) is 19.8. The van der Waals surface area contributed by atoms with Crippen LogP contribution in [-0.2, 0) is 0 Å². The maximum Gasteiger partial charge on any atom is 0.270 e. The number of amides is 1. The number of thiocarbonyl (C=S) groups is 1. The number of carbonyl (C=O) groups is 1. The van der Waals surface area contributed by atoms with Gasteiger partial charge in [0.1, 0.15) is 0 Å². The zero-order valence-electron chi connectivity index (χ0n) is 16.5. The highest BCUT2D eigenvalue weighted by Crippen LogP contribution is 2.27. The highest BCUT2D eigenvalue weighted by atomic mass is 32.1. The minimum atomic E-state index is -0.268. The summed E-state index contributed by atoms with van der Waals surface area (Å²) in [5.41, 5.74) is 10.7. The molecule has 1 aromatic heterocycles. The Hall–Kier alpha value is -2.99. The van der Waals surface area contributed by atoms with Crippen molar-refractivity contribution >= 4 is 34.1 Å². The molecule has 1 amide bonds. The molecular weight excluding hydrogens is 368 g/mol. The number of nitrogens with zero attached hydrogens (tertiary/aromatic N) is 1. The fraction of sp³-hybridized carbons (Fsp3) is 0.227. The predicted octanol–water partition coefficient (Wildman–Crippen LogP) is 4.07. The zero-order valence-corrected chi connectivity index (χ0v) is 17.3. The van der Waals surface area contributed by atoms with E-state index >= 15 is 0 Å². The van der Waals surface area contributed by atoms with Gasteiger partial charge in [-0.05, 0) is 48.8 Å². The summed E-state index contributed by atoms with van der Waals surface area (Å²) in [6.45, 7) is 6.32. The Morgan fingerprint density at radius 1 is 1.04 bits per heavy atom. The number of pyridine rings is 1. The van der Waals surface area contributed by atoms with Crippen LogP contribution in [0.2, 0.25) is 0 Å². The van der Waals surface area contributed by atoms with Crippen LogP contribution in [0.5, 0.6) is 0 Å². The van der Waals surface area contributed by atoms with Crippen LogP contribution in [0.25, 0.3) is 22.2 Å². The van der Waals surface area contributed by atoms with Crippen molar-refractivity contribution in [2.24, 2.45) is 0 Å². The van der Waals surface area contributed by atoms with Gasteiger partial charge in [-0.3, -0.25) is 15.6 Å². The smallest absolute Gasteiger partial charge is 0.270 e. The average molecular weight is 393 g/mol. The maximum absolute atomic E-state index is 12.8. The summed E-state index contributed by atoms with van der Waals surface area (Å²) in [6, 6.07) is 16.0. The van der Waals surface area contributed by atoms with Gasteiger partial charge in [-0.2, -0.15) is 0 Å².